The normalized spacial score (nSPS) is 18.8. The van der Waals surface area contributed by atoms with E-state index < -0.39 is 5.82 Å². The third-order valence-electron chi connectivity index (χ3n) is 5.20. The highest BCUT2D eigenvalue weighted by Crippen LogP contribution is 2.35. The average Bonchev–Trinajstić information content (AvgIpc) is 3.50. The van der Waals surface area contributed by atoms with Gasteiger partial charge in [0.15, 0.2) is 16.8 Å². The van der Waals surface area contributed by atoms with Gasteiger partial charge in [0.1, 0.15) is 11.4 Å². The number of anilines is 3. The molecule has 2 fully saturated rings. The Morgan fingerprint density at radius 2 is 1.52 bits per heavy atom. The largest absolute Gasteiger partial charge is 0.394 e. The summed E-state index contributed by atoms with van der Waals surface area (Å²) < 4.78 is 14.0. The quantitative estimate of drug-likeness (QED) is 0.618. The van der Waals surface area contributed by atoms with Gasteiger partial charge in [0.2, 0.25) is 11.9 Å². The Kier molecular flexibility index (Phi) is 4.75. The molecule has 4 rings (SSSR count). The van der Waals surface area contributed by atoms with Gasteiger partial charge < -0.3 is 16.4 Å². The van der Waals surface area contributed by atoms with Gasteiger partial charge in [-0.25, -0.2) is 9.37 Å². The SMILES string of the molecule is C[C@@H](Nc1nc(N[C@H](C)C2CC2)nc(-c2cc(F)c(N)c(Cl)n2)n1)C1CC1. The Hall–Kier alpha value is -2.22. The molecule has 2 aromatic rings. The van der Waals surface area contributed by atoms with E-state index in [9.17, 15) is 4.39 Å². The van der Waals surface area contributed by atoms with Gasteiger partial charge in [0.25, 0.3) is 0 Å². The van der Waals surface area contributed by atoms with Crippen molar-refractivity contribution in [3.8, 4) is 11.5 Å². The van der Waals surface area contributed by atoms with Crippen molar-refractivity contribution in [2.75, 3.05) is 16.4 Å². The van der Waals surface area contributed by atoms with Crippen molar-refractivity contribution in [3.63, 3.8) is 0 Å². The fraction of sp³-hybridized carbons (Fsp3) is 0.556. The molecular weight excluding hydrogens is 369 g/mol. The molecule has 0 unspecified atom stereocenters. The number of nitrogen functional groups attached to an aromatic ring is 1. The summed E-state index contributed by atoms with van der Waals surface area (Å²) in [6.45, 7) is 4.22. The first-order valence-electron chi connectivity index (χ1n) is 9.31. The van der Waals surface area contributed by atoms with Crippen LogP contribution in [0.4, 0.5) is 22.0 Å². The second-order valence-electron chi connectivity index (χ2n) is 7.54. The summed E-state index contributed by atoms with van der Waals surface area (Å²) >= 11 is 5.94. The van der Waals surface area contributed by atoms with E-state index >= 15 is 0 Å². The molecule has 2 aliphatic carbocycles. The lowest BCUT2D eigenvalue weighted by atomic mass is 10.2. The van der Waals surface area contributed by atoms with Crippen molar-refractivity contribution in [1.29, 1.82) is 0 Å². The maximum atomic E-state index is 14.0. The Bertz CT molecular complexity index is 792. The highest BCUT2D eigenvalue weighted by atomic mass is 35.5. The monoisotopic (exact) mass is 391 g/mol. The first-order valence-corrected chi connectivity index (χ1v) is 9.69. The van der Waals surface area contributed by atoms with Gasteiger partial charge in [-0.15, -0.1) is 0 Å². The number of nitrogens with zero attached hydrogens (tertiary/aromatic N) is 4. The van der Waals surface area contributed by atoms with Gasteiger partial charge in [0, 0.05) is 18.2 Å². The summed E-state index contributed by atoms with van der Waals surface area (Å²) in [4.78, 5) is 17.5. The predicted octanol–water partition coefficient (Wildman–Crippen LogP) is 3.73. The molecular formula is C18H23ClFN7. The van der Waals surface area contributed by atoms with Gasteiger partial charge in [0.05, 0.1) is 0 Å². The Labute approximate surface area is 162 Å². The van der Waals surface area contributed by atoms with Crippen LogP contribution in [-0.2, 0) is 0 Å². The van der Waals surface area contributed by atoms with Crippen LogP contribution in [0.3, 0.4) is 0 Å². The van der Waals surface area contributed by atoms with Crippen LogP contribution in [0, 0.1) is 17.7 Å². The Balaban J connectivity index is 1.67. The van der Waals surface area contributed by atoms with Crippen LogP contribution in [0.5, 0.6) is 0 Å². The van der Waals surface area contributed by atoms with E-state index in [-0.39, 0.29) is 34.4 Å². The summed E-state index contributed by atoms with van der Waals surface area (Å²) in [7, 11) is 0. The molecule has 9 heteroatoms. The van der Waals surface area contributed by atoms with Gasteiger partial charge in [-0.05, 0) is 51.4 Å². The van der Waals surface area contributed by atoms with Crippen LogP contribution in [-0.4, -0.2) is 32.0 Å². The standard InChI is InChI=1S/C18H23ClFN7/c1-8(10-3-4-10)22-17-25-16(13-7-12(20)14(21)15(19)24-13)26-18(27-17)23-9(2)11-5-6-11/h7-11H,3-6,21H2,1-2H3,(H2,22,23,25,26,27)/t8-,9-/m1/s1. The zero-order valence-corrected chi connectivity index (χ0v) is 16.1. The van der Waals surface area contributed by atoms with Crippen molar-refractivity contribution in [2.24, 2.45) is 11.8 Å². The molecule has 0 aliphatic heterocycles. The van der Waals surface area contributed by atoms with Crippen LogP contribution in [0.2, 0.25) is 5.15 Å². The number of nitrogens with two attached hydrogens (primary N) is 1. The van der Waals surface area contributed by atoms with Crippen molar-refractivity contribution in [3.05, 3.63) is 17.0 Å². The average molecular weight is 392 g/mol. The van der Waals surface area contributed by atoms with Gasteiger partial charge in [-0.3, -0.25) is 0 Å². The molecule has 2 aromatic heterocycles. The van der Waals surface area contributed by atoms with Crippen LogP contribution >= 0.6 is 11.6 Å². The summed E-state index contributed by atoms with van der Waals surface area (Å²) in [5.41, 5.74) is 5.59. The topological polar surface area (TPSA) is 102 Å². The fourth-order valence-electron chi connectivity index (χ4n) is 3.06. The minimum absolute atomic E-state index is 0.105. The molecule has 2 atom stereocenters. The smallest absolute Gasteiger partial charge is 0.228 e. The maximum absolute atomic E-state index is 14.0. The van der Waals surface area contributed by atoms with Crippen LogP contribution in [0.1, 0.15) is 39.5 Å². The molecule has 0 amide bonds. The zero-order valence-electron chi connectivity index (χ0n) is 15.3. The number of aromatic nitrogens is 4. The van der Waals surface area contributed by atoms with Crippen LogP contribution < -0.4 is 16.4 Å². The van der Waals surface area contributed by atoms with Crippen molar-refractivity contribution >= 4 is 29.2 Å². The third kappa shape index (κ3) is 4.21. The van der Waals surface area contributed by atoms with E-state index in [2.05, 4.69) is 44.4 Å². The van der Waals surface area contributed by atoms with E-state index in [4.69, 9.17) is 17.3 Å². The summed E-state index contributed by atoms with van der Waals surface area (Å²) in [5.74, 6) is 1.76. The highest BCUT2D eigenvalue weighted by Gasteiger charge is 2.30. The molecule has 0 spiro atoms. The minimum Gasteiger partial charge on any atom is -0.394 e. The molecule has 0 saturated heterocycles. The Morgan fingerprint density at radius 1 is 1.00 bits per heavy atom. The molecule has 7 nitrogen and oxygen atoms in total. The molecule has 0 bridgehead atoms. The van der Waals surface area contributed by atoms with Crippen molar-refractivity contribution < 1.29 is 4.39 Å². The molecule has 144 valence electrons. The Morgan fingerprint density at radius 3 is 1.96 bits per heavy atom. The molecule has 27 heavy (non-hydrogen) atoms. The van der Waals surface area contributed by atoms with Crippen molar-refractivity contribution in [1.82, 2.24) is 19.9 Å². The number of hydrogen-bond donors (Lipinski definition) is 3. The fourth-order valence-corrected chi connectivity index (χ4v) is 3.25. The van der Waals surface area contributed by atoms with Gasteiger partial charge in [-0.2, -0.15) is 15.0 Å². The number of nitrogens with one attached hydrogen (secondary N) is 2. The summed E-state index contributed by atoms with van der Waals surface area (Å²) in [6, 6.07) is 1.71. The number of halogens is 2. The van der Waals surface area contributed by atoms with Crippen LogP contribution in [0.15, 0.2) is 6.07 Å². The number of pyridine rings is 1. The maximum Gasteiger partial charge on any atom is 0.228 e. The third-order valence-corrected chi connectivity index (χ3v) is 5.49. The number of hydrogen-bond acceptors (Lipinski definition) is 7. The molecule has 2 saturated carbocycles. The first kappa shape index (κ1) is 18.2. The van der Waals surface area contributed by atoms with E-state index in [0.717, 1.165) is 0 Å². The summed E-state index contributed by atoms with van der Waals surface area (Å²) in [5, 5.41) is 6.56. The first-order chi connectivity index (χ1) is 12.9. The number of rotatable bonds is 7. The zero-order chi connectivity index (χ0) is 19.1. The van der Waals surface area contributed by atoms with E-state index in [1.807, 2.05) is 0 Å². The van der Waals surface area contributed by atoms with Gasteiger partial charge >= 0.3 is 0 Å². The van der Waals surface area contributed by atoms with Gasteiger partial charge in [-0.1, -0.05) is 11.6 Å². The predicted molar refractivity (Wildman–Crippen MR) is 104 cm³/mol. The van der Waals surface area contributed by atoms with E-state index in [0.29, 0.717) is 23.7 Å². The lowest BCUT2D eigenvalue weighted by Crippen LogP contribution is -2.23. The second-order valence-corrected chi connectivity index (χ2v) is 7.90. The second kappa shape index (κ2) is 7.07. The molecule has 0 radical (unpaired) electrons. The molecule has 0 aromatic carbocycles. The summed E-state index contributed by atoms with van der Waals surface area (Å²) in [6.07, 6.45) is 4.82. The van der Waals surface area contributed by atoms with Crippen LogP contribution in [0.25, 0.3) is 11.5 Å². The molecule has 2 aliphatic rings. The minimum atomic E-state index is -0.646. The lowest BCUT2D eigenvalue weighted by molar-refractivity contribution is 0.631. The lowest BCUT2D eigenvalue weighted by Gasteiger charge is -2.17. The van der Waals surface area contributed by atoms with E-state index in [1.54, 1.807) is 0 Å². The molecule has 2 heterocycles. The van der Waals surface area contributed by atoms with Crippen molar-refractivity contribution in [2.45, 2.75) is 51.6 Å². The molecule has 4 N–H and O–H groups in total. The highest BCUT2D eigenvalue weighted by molar-refractivity contribution is 6.31. The van der Waals surface area contributed by atoms with E-state index in [1.165, 1.54) is 31.7 Å².